The second-order valence-corrected chi connectivity index (χ2v) is 4.38. The number of carbonyl (C=O) groups excluding carboxylic acids is 1. The van der Waals surface area contributed by atoms with Crippen molar-refractivity contribution in [2.45, 2.75) is 37.9 Å². The van der Waals surface area contributed by atoms with Gasteiger partial charge in [0.1, 0.15) is 0 Å². The zero-order valence-electron chi connectivity index (χ0n) is 8.96. The van der Waals surface area contributed by atoms with Crippen LogP contribution in [0.1, 0.15) is 26.2 Å². The van der Waals surface area contributed by atoms with E-state index in [0.717, 1.165) is 19.4 Å². The molecular weight excluding hydrogens is 219 g/mol. The van der Waals surface area contributed by atoms with Crippen LogP contribution in [0, 0.1) is 0 Å². The molecule has 2 atom stereocenters. The molecule has 0 aromatic carbocycles. The van der Waals surface area contributed by atoms with Gasteiger partial charge in [-0.25, -0.2) is 4.39 Å². The number of hydrogen-bond donors (Lipinski definition) is 1. The van der Waals surface area contributed by atoms with Crippen LogP contribution < -0.4 is 5.32 Å². The molecule has 0 bridgehead atoms. The first-order valence-electron chi connectivity index (χ1n) is 5.34. The van der Waals surface area contributed by atoms with Crippen LogP contribution in [-0.2, 0) is 4.79 Å². The van der Waals surface area contributed by atoms with Crippen LogP contribution in [0.25, 0.3) is 0 Å². The molecular formula is C10H18ClFN2O. The summed E-state index contributed by atoms with van der Waals surface area (Å²) in [5, 5.41) is 2.91. The summed E-state index contributed by atoms with van der Waals surface area (Å²) in [7, 11) is 0. The smallest absolute Gasteiger partial charge is 0.261 e. The van der Waals surface area contributed by atoms with E-state index in [-0.39, 0.29) is 30.9 Å². The van der Waals surface area contributed by atoms with Gasteiger partial charge >= 0.3 is 0 Å². The highest BCUT2D eigenvalue weighted by molar-refractivity contribution is 5.86. The van der Waals surface area contributed by atoms with Crippen molar-refractivity contribution in [3.63, 3.8) is 0 Å². The average molecular weight is 237 g/mol. The zero-order chi connectivity index (χ0) is 10.2. The van der Waals surface area contributed by atoms with Crippen molar-refractivity contribution in [1.29, 1.82) is 0 Å². The summed E-state index contributed by atoms with van der Waals surface area (Å²) >= 11 is 0. The van der Waals surface area contributed by atoms with Crippen molar-refractivity contribution < 1.29 is 9.18 Å². The van der Waals surface area contributed by atoms with Crippen molar-refractivity contribution >= 4 is 18.3 Å². The van der Waals surface area contributed by atoms with Crippen LogP contribution >= 0.6 is 12.4 Å². The molecule has 2 unspecified atom stereocenters. The monoisotopic (exact) mass is 236 g/mol. The largest absolute Gasteiger partial charge is 0.337 e. The molecule has 2 aliphatic heterocycles. The third-order valence-corrected chi connectivity index (χ3v) is 3.30. The maximum atomic E-state index is 14.1. The Labute approximate surface area is 95.8 Å². The third-order valence-electron chi connectivity index (χ3n) is 3.30. The van der Waals surface area contributed by atoms with Gasteiger partial charge in [-0.05, 0) is 26.3 Å². The molecule has 2 aliphatic rings. The number of carbonyl (C=O) groups is 1. The van der Waals surface area contributed by atoms with Gasteiger partial charge in [0, 0.05) is 25.6 Å². The Balaban J connectivity index is 0.00000112. The fourth-order valence-electron chi connectivity index (χ4n) is 2.34. The summed E-state index contributed by atoms with van der Waals surface area (Å²) in [6.45, 7) is 3.53. The fraction of sp³-hybridized carbons (Fsp3) is 0.900. The predicted octanol–water partition coefficient (Wildman–Crippen LogP) is 1.12. The van der Waals surface area contributed by atoms with Gasteiger partial charge in [-0.1, -0.05) is 0 Å². The molecule has 0 aromatic rings. The van der Waals surface area contributed by atoms with Crippen molar-refractivity contribution in [3.05, 3.63) is 0 Å². The molecule has 15 heavy (non-hydrogen) atoms. The minimum absolute atomic E-state index is 0. The summed E-state index contributed by atoms with van der Waals surface area (Å²) in [4.78, 5) is 13.6. The van der Waals surface area contributed by atoms with Gasteiger partial charge in [0.05, 0.1) is 0 Å². The number of halogens is 2. The van der Waals surface area contributed by atoms with Gasteiger partial charge in [-0.3, -0.25) is 4.79 Å². The normalized spacial score (nSPS) is 35.3. The Bertz CT molecular complexity index is 244. The number of likely N-dealkylation sites (tertiary alicyclic amines) is 1. The van der Waals surface area contributed by atoms with E-state index in [1.165, 1.54) is 0 Å². The molecule has 88 valence electrons. The molecule has 2 heterocycles. The topological polar surface area (TPSA) is 32.3 Å². The number of alkyl halides is 1. The summed E-state index contributed by atoms with van der Waals surface area (Å²) in [6, 6.07) is 0.218. The zero-order valence-corrected chi connectivity index (χ0v) is 9.78. The van der Waals surface area contributed by atoms with Crippen LogP contribution in [0.15, 0.2) is 0 Å². The summed E-state index contributed by atoms with van der Waals surface area (Å²) in [6.07, 6.45) is 2.35. The van der Waals surface area contributed by atoms with Gasteiger partial charge in [-0.15, -0.1) is 12.4 Å². The van der Waals surface area contributed by atoms with Crippen molar-refractivity contribution in [2.24, 2.45) is 0 Å². The first kappa shape index (κ1) is 12.7. The maximum absolute atomic E-state index is 14.1. The molecule has 0 aliphatic carbocycles. The Morgan fingerprint density at radius 2 is 2.33 bits per heavy atom. The minimum atomic E-state index is -1.63. The van der Waals surface area contributed by atoms with Crippen molar-refractivity contribution in [3.8, 4) is 0 Å². The first-order valence-corrected chi connectivity index (χ1v) is 5.34. The first-order chi connectivity index (χ1) is 6.63. The van der Waals surface area contributed by atoms with Crippen LogP contribution in [-0.4, -0.2) is 42.2 Å². The van der Waals surface area contributed by atoms with Crippen LogP contribution in [0.5, 0.6) is 0 Å². The summed E-state index contributed by atoms with van der Waals surface area (Å²) < 4.78 is 14.1. The molecule has 2 saturated heterocycles. The number of rotatable bonds is 1. The Kier molecular flexibility index (Phi) is 3.95. The van der Waals surface area contributed by atoms with Gasteiger partial charge in [0.2, 0.25) is 5.67 Å². The molecule has 1 N–H and O–H groups in total. The van der Waals surface area contributed by atoms with Crippen LogP contribution in [0.2, 0.25) is 0 Å². The maximum Gasteiger partial charge on any atom is 0.261 e. The third kappa shape index (κ3) is 2.26. The molecule has 0 saturated carbocycles. The van der Waals surface area contributed by atoms with Crippen LogP contribution in [0.4, 0.5) is 4.39 Å². The van der Waals surface area contributed by atoms with E-state index in [9.17, 15) is 9.18 Å². The molecule has 3 nitrogen and oxygen atoms in total. The molecule has 0 aromatic heterocycles. The highest BCUT2D eigenvalue weighted by Crippen LogP contribution is 2.27. The van der Waals surface area contributed by atoms with Crippen molar-refractivity contribution in [1.82, 2.24) is 10.2 Å². The molecule has 2 rings (SSSR count). The van der Waals surface area contributed by atoms with Crippen molar-refractivity contribution in [2.75, 3.05) is 19.6 Å². The molecule has 0 radical (unpaired) electrons. The Morgan fingerprint density at radius 3 is 2.80 bits per heavy atom. The number of hydrogen-bond acceptors (Lipinski definition) is 2. The van der Waals surface area contributed by atoms with Gasteiger partial charge in [0.25, 0.3) is 5.91 Å². The Hall–Kier alpha value is -0.350. The van der Waals surface area contributed by atoms with Gasteiger partial charge < -0.3 is 10.2 Å². The quantitative estimate of drug-likeness (QED) is 0.740. The molecule has 2 fully saturated rings. The highest BCUT2D eigenvalue weighted by atomic mass is 35.5. The minimum Gasteiger partial charge on any atom is -0.337 e. The number of nitrogens with one attached hydrogen (secondary N) is 1. The second kappa shape index (κ2) is 4.66. The number of amides is 1. The Morgan fingerprint density at radius 1 is 1.60 bits per heavy atom. The lowest BCUT2D eigenvalue weighted by molar-refractivity contribution is -0.143. The molecule has 0 spiro atoms. The van der Waals surface area contributed by atoms with E-state index in [1.54, 1.807) is 4.90 Å². The van der Waals surface area contributed by atoms with Crippen LogP contribution in [0.3, 0.4) is 0 Å². The van der Waals surface area contributed by atoms with E-state index in [1.807, 2.05) is 6.92 Å². The summed E-state index contributed by atoms with van der Waals surface area (Å²) in [5.74, 6) is -0.299. The SMILES string of the molecule is CC1CCCN1C(=O)C1(F)CCNC1.Cl. The fourth-order valence-corrected chi connectivity index (χ4v) is 2.34. The molecule has 5 heteroatoms. The van der Waals surface area contributed by atoms with E-state index < -0.39 is 5.67 Å². The standard InChI is InChI=1S/C10H17FN2O.ClH/c1-8-3-2-6-13(8)9(14)10(11)4-5-12-7-10;/h8,12H,2-7H2,1H3;1H. The van der Waals surface area contributed by atoms with E-state index >= 15 is 0 Å². The lowest BCUT2D eigenvalue weighted by atomic mass is 10.0. The predicted molar refractivity (Wildman–Crippen MR) is 59.0 cm³/mol. The lowest BCUT2D eigenvalue weighted by Crippen LogP contribution is -2.48. The lowest BCUT2D eigenvalue weighted by Gasteiger charge is -2.28. The van der Waals surface area contributed by atoms with E-state index in [2.05, 4.69) is 5.32 Å². The van der Waals surface area contributed by atoms with E-state index in [4.69, 9.17) is 0 Å². The van der Waals surface area contributed by atoms with Gasteiger partial charge in [-0.2, -0.15) is 0 Å². The number of nitrogens with zero attached hydrogens (tertiary/aromatic N) is 1. The average Bonchev–Trinajstić information content (AvgIpc) is 2.74. The van der Waals surface area contributed by atoms with Gasteiger partial charge in [0.15, 0.2) is 0 Å². The van der Waals surface area contributed by atoms with E-state index in [0.29, 0.717) is 13.0 Å². The highest BCUT2D eigenvalue weighted by Gasteiger charge is 2.45. The molecule has 1 amide bonds. The summed E-state index contributed by atoms with van der Waals surface area (Å²) in [5.41, 5.74) is -1.63. The second-order valence-electron chi connectivity index (χ2n) is 4.38.